The van der Waals surface area contributed by atoms with E-state index in [0.717, 1.165) is 10.6 Å². The number of methoxy groups -OCH3 is 1. The Kier molecular flexibility index (Phi) is 4.48. The van der Waals surface area contributed by atoms with E-state index in [9.17, 15) is 4.79 Å². The van der Waals surface area contributed by atoms with Crippen LogP contribution >= 0.6 is 0 Å². The van der Waals surface area contributed by atoms with Gasteiger partial charge in [0.15, 0.2) is 0 Å². The zero-order valence-corrected chi connectivity index (χ0v) is 13.5. The summed E-state index contributed by atoms with van der Waals surface area (Å²) in [6.45, 7) is 0. The van der Waals surface area contributed by atoms with Crippen LogP contribution in [-0.2, 0) is 9.53 Å². The largest absolute Gasteiger partial charge is 0.457 e. The number of benzene rings is 1. The highest BCUT2D eigenvalue weighted by atomic mass is 16.5. The topological polar surface area (TPSA) is 86.5 Å². The summed E-state index contributed by atoms with van der Waals surface area (Å²) in [5.41, 5.74) is 6.36. The maximum atomic E-state index is 12.1. The van der Waals surface area contributed by atoms with Gasteiger partial charge in [0.1, 0.15) is 11.5 Å². The van der Waals surface area contributed by atoms with Crippen LogP contribution in [0.5, 0.6) is 11.5 Å². The Morgan fingerprint density at radius 1 is 1.21 bits per heavy atom. The highest BCUT2D eigenvalue weighted by Crippen LogP contribution is 2.20. The summed E-state index contributed by atoms with van der Waals surface area (Å²) in [6, 6.07) is 8.90. The van der Waals surface area contributed by atoms with Gasteiger partial charge in [0, 0.05) is 31.3 Å². The number of anilines is 1. The lowest BCUT2D eigenvalue weighted by Crippen LogP contribution is -2.43. The average Bonchev–Trinajstić information content (AvgIpc) is 2.62. The Morgan fingerprint density at radius 2 is 1.96 bits per heavy atom. The van der Waals surface area contributed by atoms with E-state index in [1.54, 1.807) is 50.7 Å². The first-order valence-corrected chi connectivity index (χ1v) is 7.59. The number of amides is 1. The normalized spacial score (nSPS) is 18.8. The van der Waals surface area contributed by atoms with Gasteiger partial charge in [0.25, 0.3) is 0 Å². The van der Waals surface area contributed by atoms with Crippen LogP contribution in [0.3, 0.4) is 0 Å². The summed E-state index contributed by atoms with van der Waals surface area (Å²) >= 11 is 0. The van der Waals surface area contributed by atoms with Gasteiger partial charge < -0.3 is 20.5 Å². The monoisotopic (exact) mass is 325 g/mol. The zero-order valence-electron chi connectivity index (χ0n) is 13.5. The van der Waals surface area contributed by atoms with E-state index < -0.39 is 5.92 Å². The molecule has 1 aromatic carbocycles. The molecular formula is C18H19N3O3. The number of carbonyl (C=O) groups excluding carboxylic acids is 1. The first kappa shape index (κ1) is 16.0. The van der Waals surface area contributed by atoms with Crippen molar-refractivity contribution in [3.8, 4) is 11.5 Å². The number of nitrogen functional groups attached to an aromatic ring is 1. The molecule has 24 heavy (non-hydrogen) atoms. The zero-order chi connectivity index (χ0) is 17.1. The van der Waals surface area contributed by atoms with E-state index in [1.807, 2.05) is 12.2 Å². The SMILES string of the molecule is CNC(=O)C1C=c2c(Oc3ccc(N)cc3)ccnc2=CC1OC. The molecule has 0 fully saturated rings. The van der Waals surface area contributed by atoms with Crippen molar-refractivity contribution < 1.29 is 14.3 Å². The quantitative estimate of drug-likeness (QED) is 0.795. The molecule has 1 aliphatic rings. The molecule has 2 atom stereocenters. The molecule has 124 valence electrons. The molecule has 3 rings (SSSR count). The number of rotatable bonds is 4. The molecule has 2 aromatic rings. The van der Waals surface area contributed by atoms with E-state index in [4.69, 9.17) is 15.2 Å². The van der Waals surface area contributed by atoms with Crippen LogP contribution in [0.25, 0.3) is 12.2 Å². The van der Waals surface area contributed by atoms with Crippen LogP contribution in [0.15, 0.2) is 36.5 Å². The minimum atomic E-state index is -0.439. The van der Waals surface area contributed by atoms with Crippen LogP contribution in [0, 0.1) is 5.92 Å². The van der Waals surface area contributed by atoms with Crippen LogP contribution in [0.1, 0.15) is 0 Å². The smallest absolute Gasteiger partial charge is 0.229 e. The number of carbonyl (C=O) groups is 1. The Hall–Kier alpha value is -2.86. The van der Waals surface area contributed by atoms with E-state index in [1.165, 1.54) is 0 Å². The maximum Gasteiger partial charge on any atom is 0.229 e. The second-order valence-electron chi connectivity index (χ2n) is 5.45. The number of nitrogens with two attached hydrogens (primary N) is 1. The van der Waals surface area contributed by atoms with Gasteiger partial charge in [0.05, 0.1) is 17.4 Å². The fraction of sp³-hybridized carbons (Fsp3) is 0.222. The molecule has 1 amide bonds. The molecule has 0 aliphatic heterocycles. The Balaban J connectivity index is 2.05. The fourth-order valence-electron chi connectivity index (χ4n) is 2.66. The van der Waals surface area contributed by atoms with Crippen LogP contribution < -0.4 is 26.4 Å². The van der Waals surface area contributed by atoms with Crippen molar-refractivity contribution in [3.63, 3.8) is 0 Å². The van der Waals surface area contributed by atoms with Crippen LogP contribution in [-0.4, -0.2) is 31.2 Å². The van der Waals surface area contributed by atoms with Crippen molar-refractivity contribution in [3.05, 3.63) is 47.1 Å². The van der Waals surface area contributed by atoms with Crippen molar-refractivity contribution in [2.75, 3.05) is 19.9 Å². The molecule has 6 heteroatoms. The molecule has 1 aliphatic carbocycles. The molecule has 2 unspecified atom stereocenters. The first-order valence-electron chi connectivity index (χ1n) is 7.59. The van der Waals surface area contributed by atoms with Crippen molar-refractivity contribution in [1.82, 2.24) is 10.3 Å². The van der Waals surface area contributed by atoms with E-state index >= 15 is 0 Å². The third kappa shape index (κ3) is 3.09. The number of fused-ring (bicyclic) bond motifs is 1. The van der Waals surface area contributed by atoms with Crippen molar-refractivity contribution in [2.24, 2.45) is 5.92 Å². The van der Waals surface area contributed by atoms with Crippen molar-refractivity contribution in [2.45, 2.75) is 6.10 Å². The molecule has 0 saturated carbocycles. The molecule has 0 radical (unpaired) electrons. The lowest BCUT2D eigenvalue weighted by Gasteiger charge is -2.22. The molecular weight excluding hydrogens is 306 g/mol. The number of nitrogens with zero attached hydrogens (tertiary/aromatic N) is 1. The third-order valence-electron chi connectivity index (χ3n) is 3.93. The number of hydrogen-bond acceptors (Lipinski definition) is 5. The van der Waals surface area contributed by atoms with Crippen LogP contribution in [0.4, 0.5) is 5.69 Å². The minimum absolute atomic E-state index is 0.119. The summed E-state index contributed by atoms with van der Waals surface area (Å²) in [7, 11) is 3.18. The Labute approximate surface area is 139 Å². The van der Waals surface area contributed by atoms with Gasteiger partial charge in [-0.3, -0.25) is 9.78 Å². The molecule has 1 heterocycles. The van der Waals surface area contributed by atoms with Crippen LogP contribution in [0.2, 0.25) is 0 Å². The highest BCUT2D eigenvalue weighted by molar-refractivity contribution is 5.86. The first-order chi connectivity index (χ1) is 11.6. The van der Waals surface area contributed by atoms with Gasteiger partial charge in [-0.05, 0) is 36.4 Å². The predicted octanol–water partition coefficient (Wildman–Crippen LogP) is 0.408. The molecule has 1 aromatic heterocycles. The van der Waals surface area contributed by atoms with Gasteiger partial charge in [0.2, 0.25) is 5.91 Å². The second-order valence-corrected chi connectivity index (χ2v) is 5.45. The van der Waals surface area contributed by atoms with Crippen molar-refractivity contribution in [1.29, 1.82) is 0 Å². The molecule has 0 bridgehead atoms. The van der Waals surface area contributed by atoms with Gasteiger partial charge in [-0.1, -0.05) is 6.08 Å². The van der Waals surface area contributed by atoms with E-state index in [0.29, 0.717) is 17.2 Å². The molecule has 0 spiro atoms. The lowest BCUT2D eigenvalue weighted by atomic mass is 9.95. The molecule has 0 saturated heterocycles. The molecule has 6 nitrogen and oxygen atoms in total. The summed E-state index contributed by atoms with van der Waals surface area (Å²) in [5, 5.41) is 4.17. The lowest BCUT2D eigenvalue weighted by molar-refractivity contribution is -0.124. The third-order valence-corrected chi connectivity index (χ3v) is 3.93. The number of ether oxygens (including phenoxy) is 2. The number of pyridine rings is 1. The summed E-state index contributed by atoms with van der Waals surface area (Å²) < 4.78 is 11.4. The summed E-state index contributed by atoms with van der Waals surface area (Å²) in [6.07, 6.45) is 4.98. The second kappa shape index (κ2) is 6.72. The Morgan fingerprint density at radius 3 is 2.62 bits per heavy atom. The predicted molar refractivity (Wildman–Crippen MR) is 91.7 cm³/mol. The van der Waals surface area contributed by atoms with Gasteiger partial charge in [-0.15, -0.1) is 0 Å². The highest BCUT2D eigenvalue weighted by Gasteiger charge is 2.27. The standard InChI is InChI=1S/C18H19N3O3/c1-20-18(22)14-9-13-15(10-17(14)23-2)21-8-7-16(13)24-12-5-3-11(19)4-6-12/h3-10,14,17H,19H2,1-2H3,(H,20,22). The van der Waals surface area contributed by atoms with Gasteiger partial charge >= 0.3 is 0 Å². The fourth-order valence-corrected chi connectivity index (χ4v) is 2.66. The summed E-state index contributed by atoms with van der Waals surface area (Å²) in [5.74, 6) is 0.734. The van der Waals surface area contributed by atoms with E-state index in [2.05, 4.69) is 10.3 Å². The average molecular weight is 325 g/mol. The van der Waals surface area contributed by atoms with Crippen molar-refractivity contribution >= 4 is 23.7 Å². The number of hydrogen-bond donors (Lipinski definition) is 2. The van der Waals surface area contributed by atoms with E-state index in [-0.39, 0.29) is 12.0 Å². The number of nitrogens with one attached hydrogen (secondary N) is 1. The maximum absolute atomic E-state index is 12.1. The summed E-state index contributed by atoms with van der Waals surface area (Å²) in [4.78, 5) is 16.5. The Bertz CT molecular complexity index is 862. The molecule has 3 N–H and O–H groups in total. The minimum Gasteiger partial charge on any atom is -0.457 e. The van der Waals surface area contributed by atoms with Gasteiger partial charge in [-0.25, -0.2) is 0 Å². The number of aromatic nitrogens is 1. The van der Waals surface area contributed by atoms with Gasteiger partial charge in [-0.2, -0.15) is 0 Å².